The molecule has 0 aromatic heterocycles. The maximum atomic E-state index is 13.3. The summed E-state index contributed by atoms with van der Waals surface area (Å²) in [6.07, 6.45) is 10.6. The summed E-state index contributed by atoms with van der Waals surface area (Å²) in [5.41, 5.74) is 0.801. The molecule has 33 heavy (non-hydrogen) atoms. The normalized spacial score (nSPS) is 26.8. The van der Waals surface area contributed by atoms with Crippen LogP contribution in [-0.4, -0.2) is 45.6 Å². The number of aliphatic hydroxyl groups is 2. The van der Waals surface area contributed by atoms with Crippen LogP contribution in [0.5, 0.6) is 0 Å². The first-order chi connectivity index (χ1) is 15.7. The predicted molar refractivity (Wildman–Crippen MR) is 129 cm³/mol. The van der Waals surface area contributed by atoms with Crippen LogP contribution < -0.4 is 0 Å². The molecule has 2 rings (SSSR count). The molecule has 0 aromatic carbocycles. The molecular formula is C27H44O6. The number of carboxylic acid groups (broad SMARTS) is 1. The van der Waals surface area contributed by atoms with Gasteiger partial charge in [-0.2, -0.15) is 0 Å². The molecule has 2 aliphatic rings. The summed E-state index contributed by atoms with van der Waals surface area (Å²) in [7, 11) is 0. The van der Waals surface area contributed by atoms with Gasteiger partial charge in [-0.25, -0.2) is 0 Å². The van der Waals surface area contributed by atoms with Gasteiger partial charge in [0.25, 0.3) is 0 Å². The van der Waals surface area contributed by atoms with Gasteiger partial charge in [0.15, 0.2) is 0 Å². The van der Waals surface area contributed by atoms with Crippen molar-refractivity contribution in [1.82, 2.24) is 0 Å². The number of rotatable bonds is 13. The Kier molecular flexibility index (Phi) is 10.6. The Labute approximate surface area is 199 Å². The average Bonchev–Trinajstić information content (AvgIpc) is 2.76. The Bertz CT molecular complexity index is 707. The molecule has 6 nitrogen and oxygen atoms in total. The minimum Gasteiger partial charge on any atom is -0.481 e. The largest absolute Gasteiger partial charge is 0.481 e. The first-order valence-electron chi connectivity index (χ1n) is 12.8. The molecule has 0 radical (unpaired) electrons. The number of aliphatic carboxylic acids is 1. The van der Waals surface area contributed by atoms with Gasteiger partial charge in [-0.1, -0.05) is 52.3 Å². The summed E-state index contributed by atoms with van der Waals surface area (Å²) >= 11 is 0. The lowest BCUT2D eigenvalue weighted by atomic mass is 9.66. The summed E-state index contributed by atoms with van der Waals surface area (Å²) in [6.45, 7) is 8.41. The van der Waals surface area contributed by atoms with Crippen molar-refractivity contribution < 1.29 is 29.6 Å². The van der Waals surface area contributed by atoms with Crippen LogP contribution in [0.1, 0.15) is 91.9 Å². The van der Waals surface area contributed by atoms with Gasteiger partial charge in [-0.15, -0.1) is 0 Å². The van der Waals surface area contributed by atoms with E-state index >= 15 is 0 Å². The monoisotopic (exact) mass is 464 g/mol. The Hall–Kier alpha value is -1.66. The van der Waals surface area contributed by atoms with Crippen molar-refractivity contribution in [2.45, 2.75) is 110 Å². The predicted octanol–water partition coefficient (Wildman–Crippen LogP) is 5.03. The third kappa shape index (κ3) is 7.16. The van der Waals surface area contributed by atoms with Crippen LogP contribution in [-0.2, 0) is 14.3 Å². The van der Waals surface area contributed by atoms with Crippen molar-refractivity contribution in [3.63, 3.8) is 0 Å². The first-order valence-corrected chi connectivity index (χ1v) is 12.8. The third-order valence-corrected chi connectivity index (χ3v) is 7.91. The standard InChI is InChI=1S/C27H44O6/c1-5-15-27(6-2,7-3)26(32)33-23-10-8-9-19-12-11-18(4)22(25(19)23)14-13-20(28)16-21(29)17-24(30)31/h9,11-12,18,20-23,25,28-29H,5-8,10,13-17H2,1-4H3,(H,30,31). The van der Waals surface area contributed by atoms with Crippen LogP contribution >= 0.6 is 0 Å². The van der Waals surface area contributed by atoms with E-state index in [2.05, 4.69) is 45.9 Å². The Morgan fingerprint density at radius 2 is 1.88 bits per heavy atom. The molecule has 0 fully saturated rings. The van der Waals surface area contributed by atoms with Crippen molar-refractivity contribution in [2.75, 3.05) is 0 Å². The van der Waals surface area contributed by atoms with E-state index in [0.29, 0.717) is 6.42 Å². The number of carboxylic acids is 1. The van der Waals surface area contributed by atoms with E-state index < -0.39 is 23.6 Å². The summed E-state index contributed by atoms with van der Waals surface area (Å²) in [5.74, 6) is -0.541. The lowest BCUT2D eigenvalue weighted by molar-refractivity contribution is -0.167. The van der Waals surface area contributed by atoms with E-state index in [-0.39, 0.29) is 42.7 Å². The van der Waals surface area contributed by atoms with Crippen molar-refractivity contribution in [3.8, 4) is 0 Å². The van der Waals surface area contributed by atoms with Crippen LogP contribution in [0.15, 0.2) is 23.8 Å². The number of aliphatic hydroxyl groups excluding tert-OH is 2. The zero-order valence-corrected chi connectivity index (χ0v) is 20.8. The average molecular weight is 465 g/mol. The lowest BCUT2D eigenvalue weighted by Crippen LogP contribution is -2.42. The maximum Gasteiger partial charge on any atom is 0.312 e. The highest BCUT2D eigenvalue weighted by molar-refractivity contribution is 5.77. The number of carbonyl (C=O) groups excluding carboxylic acids is 1. The molecule has 0 saturated heterocycles. The van der Waals surface area contributed by atoms with Crippen LogP contribution in [0.4, 0.5) is 0 Å². The number of hydrogen-bond acceptors (Lipinski definition) is 5. The van der Waals surface area contributed by atoms with Gasteiger partial charge in [0.2, 0.25) is 0 Å². The SMILES string of the molecule is CCCC(CC)(CC)C(=O)OC1CCC=C2C=CC(C)C(CCC(O)CC(O)CC(=O)O)C21. The van der Waals surface area contributed by atoms with Gasteiger partial charge < -0.3 is 20.1 Å². The minimum absolute atomic E-state index is 0.0571. The molecule has 0 aromatic rings. The van der Waals surface area contributed by atoms with Gasteiger partial charge in [0.1, 0.15) is 6.10 Å². The molecule has 0 bridgehead atoms. The number of hydrogen-bond donors (Lipinski definition) is 3. The molecule has 6 unspecified atom stereocenters. The van der Waals surface area contributed by atoms with E-state index in [1.165, 1.54) is 5.57 Å². The summed E-state index contributed by atoms with van der Waals surface area (Å²) in [5, 5.41) is 29.1. The second-order valence-corrected chi connectivity index (χ2v) is 10.1. The van der Waals surface area contributed by atoms with Crippen LogP contribution in [0.25, 0.3) is 0 Å². The van der Waals surface area contributed by atoms with Crippen LogP contribution in [0.2, 0.25) is 0 Å². The van der Waals surface area contributed by atoms with Crippen molar-refractivity contribution in [2.24, 2.45) is 23.2 Å². The second-order valence-electron chi connectivity index (χ2n) is 10.1. The second kappa shape index (κ2) is 12.7. The summed E-state index contributed by atoms with van der Waals surface area (Å²) in [6, 6.07) is 0. The Morgan fingerprint density at radius 3 is 2.48 bits per heavy atom. The molecular weight excluding hydrogens is 420 g/mol. The molecule has 0 saturated carbocycles. The topological polar surface area (TPSA) is 104 Å². The highest BCUT2D eigenvalue weighted by Crippen LogP contribution is 2.45. The van der Waals surface area contributed by atoms with Crippen molar-refractivity contribution in [3.05, 3.63) is 23.8 Å². The molecule has 6 heteroatoms. The van der Waals surface area contributed by atoms with Crippen LogP contribution in [0, 0.1) is 23.2 Å². The minimum atomic E-state index is -1.07. The van der Waals surface area contributed by atoms with E-state index in [0.717, 1.165) is 44.9 Å². The fourth-order valence-electron chi connectivity index (χ4n) is 5.79. The summed E-state index contributed by atoms with van der Waals surface area (Å²) < 4.78 is 6.27. The number of allylic oxidation sites excluding steroid dienone is 3. The molecule has 188 valence electrons. The molecule has 0 aliphatic heterocycles. The number of ether oxygens (including phenoxy) is 1. The molecule has 6 atom stereocenters. The number of fused-ring (bicyclic) bond motifs is 1. The summed E-state index contributed by atoms with van der Waals surface area (Å²) in [4.78, 5) is 24.1. The van der Waals surface area contributed by atoms with Gasteiger partial charge in [0.05, 0.1) is 24.0 Å². The number of carbonyl (C=O) groups is 2. The highest BCUT2D eigenvalue weighted by atomic mass is 16.5. The maximum absolute atomic E-state index is 13.3. The van der Waals surface area contributed by atoms with Gasteiger partial charge >= 0.3 is 11.9 Å². The zero-order chi connectivity index (χ0) is 24.6. The Morgan fingerprint density at radius 1 is 1.18 bits per heavy atom. The molecule has 0 heterocycles. The lowest BCUT2D eigenvalue weighted by Gasteiger charge is -2.43. The molecule has 2 aliphatic carbocycles. The third-order valence-electron chi connectivity index (χ3n) is 7.91. The van der Waals surface area contributed by atoms with Gasteiger partial charge in [-0.3, -0.25) is 9.59 Å². The van der Waals surface area contributed by atoms with Crippen molar-refractivity contribution >= 4 is 11.9 Å². The van der Waals surface area contributed by atoms with E-state index in [4.69, 9.17) is 9.84 Å². The zero-order valence-electron chi connectivity index (χ0n) is 20.8. The van der Waals surface area contributed by atoms with E-state index in [1.807, 2.05) is 0 Å². The van der Waals surface area contributed by atoms with E-state index in [9.17, 15) is 19.8 Å². The van der Waals surface area contributed by atoms with E-state index in [1.54, 1.807) is 0 Å². The smallest absolute Gasteiger partial charge is 0.312 e. The van der Waals surface area contributed by atoms with Crippen LogP contribution in [0.3, 0.4) is 0 Å². The highest BCUT2D eigenvalue weighted by Gasteiger charge is 2.43. The molecule has 3 N–H and O–H groups in total. The number of esters is 1. The fraction of sp³-hybridized carbons (Fsp3) is 0.778. The van der Waals surface area contributed by atoms with Gasteiger partial charge in [-0.05, 0) is 68.8 Å². The van der Waals surface area contributed by atoms with Gasteiger partial charge in [0, 0.05) is 5.92 Å². The molecule has 0 spiro atoms. The quantitative estimate of drug-likeness (QED) is 0.330. The fourth-order valence-corrected chi connectivity index (χ4v) is 5.79. The Balaban J connectivity index is 2.12. The first kappa shape index (κ1) is 27.6. The van der Waals surface area contributed by atoms with Crippen molar-refractivity contribution in [1.29, 1.82) is 0 Å². The molecule has 0 amide bonds.